The van der Waals surface area contributed by atoms with Gasteiger partial charge in [-0.1, -0.05) is 23.2 Å². The molecular weight excluding hydrogens is 276 g/mol. The van der Waals surface area contributed by atoms with Crippen molar-refractivity contribution in [3.8, 4) is 0 Å². The van der Waals surface area contributed by atoms with Gasteiger partial charge in [-0.3, -0.25) is 0 Å². The molecule has 0 saturated carbocycles. The smallest absolute Gasteiger partial charge is 0.142 e. The van der Waals surface area contributed by atoms with Crippen molar-refractivity contribution < 1.29 is 8.81 Å². The molecule has 0 aliphatic rings. The number of furan rings is 1. The molecule has 0 bridgehead atoms. The number of benzene rings is 1. The van der Waals surface area contributed by atoms with Crippen molar-refractivity contribution in [2.45, 2.75) is 19.5 Å². The quantitative estimate of drug-likeness (QED) is 0.833. The molecule has 1 aromatic heterocycles. The summed E-state index contributed by atoms with van der Waals surface area (Å²) in [5.41, 5.74) is 1.70. The molecule has 1 aromatic carbocycles. The number of nitrogens with one attached hydrogen (secondary N) is 1. The molecule has 0 saturated heterocycles. The van der Waals surface area contributed by atoms with Crippen LogP contribution in [0, 0.1) is 5.82 Å². The lowest BCUT2D eigenvalue weighted by atomic mass is 10.1. The SMILES string of the molecule is CC(NCc1ccoc1)c1cc(F)c(Cl)cc1Cl. The largest absolute Gasteiger partial charge is 0.472 e. The van der Waals surface area contributed by atoms with E-state index in [1.807, 2.05) is 13.0 Å². The monoisotopic (exact) mass is 287 g/mol. The maximum Gasteiger partial charge on any atom is 0.142 e. The lowest BCUT2D eigenvalue weighted by Gasteiger charge is -2.15. The molecule has 0 aliphatic carbocycles. The van der Waals surface area contributed by atoms with Gasteiger partial charge < -0.3 is 9.73 Å². The second-order valence-corrected chi connectivity index (χ2v) is 4.84. The molecule has 0 radical (unpaired) electrons. The van der Waals surface area contributed by atoms with Crippen LogP contribution in [0.15, 0.2) is 35.1 Å². The Balaban J connectivity index is 2.09. The topological polar surface area (TPSA) is 25.2 Å². The minimum atomic E-state index is -0.465. The van der Waals surface area contributed by atoms with Gasteiger partial charge in [0.2, 0.25) is 0 Å². The van der Waals surface area contributed by atoms with Gasteiger partial charge in [-0.25, -0.2) is 4.39 Å². The highest BCUT2D eigenvalue weighted by Crippen LogP contribution is 2.28. The maximum atomic E-state index is 13.4. The van der Waals surface area contributed by atoms with Crippen LogP contribution in [0.2, 0.25) is 10.0 Å². The highest BCUT2D eigenvalue weighted by molar-refractivity contribution is 6.35. The molecule has 0 fully saturated rings. The van der Waals surface area contributed by atoms with Crippen LogP contribution in [0.1, 0.15) is 24.1 Å². The number of rotatable bonds is 4. The third-order valence-electron chi connectivity index (χ3n) is 2.70. The normalized spacial score (nSPS) is 12.7. The molecule has 2 nitrogen and oxygen atoms in total. The molecular formula is C13H12Cl2FNO. The zero-order chi connectivity index (χ0) is 13.1. The fourth-order valence-corrected chi connectivity index (χ4v) is 2.19. The summed E-state index contributed by atoms with van der Waals surface area (Å²) in [6.07, 6.45) is 3.26. The zero-order valence-electron chi connectivity index (χ0n) is 9.71. The van der Waals surface area contributed by atoms with E-state index in [1.165, 1.54) is 12.1 Å². The molecule has 5 heteroatoms. The minimum absolute atomic E-state index is 0.0331. The van der Waals surface area contributed by atoms with E-state index in [0.717, 1.165) is 5.56 Å². The molecule has 1 heterocycles. The molecule has 2 rings (SSSR count). The summed E-state index contributed by atoms with van der Waals surface area (Å²) in [4.78, 5) is 0. The first-order valence-corrected chi connectivity index (χ1v) is 6.22. The van der Waals surface area contributed by atoms with Crippen LogP contribution < -0.4 is 5.32 Å². The number of hydrogen-bond donors (Lipinski definition) is 1. The van der Waals surface area contributed by atoms with Gasteiger partial charge in [0.15, 0.2) is 0 Å². The average molecular weight is 288 g/mol. The van der Waals surface area contributed by atoms with E-state index in [1.54, 1.807) is 12.5 Å². The molecule has 1 atom stereocenters. The third kappa shape index (κ3) is 3.05. The van der Waals surface area contributed by atoms with Crippen LogP contribution >= 0.6 is 23.2 Å². The summed E-state index contributed by atoms with van der Waals surface area (Å²) in [6, 6.07) is 4.56. The van der Waals surface area contributed by atoms with Gasteiger partial charge in [-0.2, -0.15) is 0 Å². The fourth-order valence-electron chi connectivity index (χ4n) is 1.64. The molecule has 18 heavy (non-hydrogen) atoms. The highest BCUT2D eigenvalue weighted by atomic mass is 35.5. The van der Waals surface area contributed by atoms with Crippen LogP contribution in [-0.4, -0.2) is 0 Å². The zero-order valence-corrected chi connectivity index (χ0v) is 11.2. The van der Waals surface area contributed by atoms with Gasteiger partial charge in [0.25, 0.3) is 0 Å². The van der Waals surface area contributed by atoms with Crippen molar-refractivity contribution in [1.29, 1.82) is 0 Å². The molecule has 2 aromatic rings. The Morgan fingerprint density at radius 3 is 2.78 bits per heavy atom. The van der Waals surface area contributed by atoms with E-state index < -0.39 is 5.82 Å². The van der Waals surface area contributed by atoms with Gasteiger partial charge in [0.1, 0.15) is 5.82 Å². The summed E-state index contributed by atoms with van der Waals surface area (Å²) in [7, 11) is 0. The van der Waals surface area contributed by atoms with Gasteiger partial charge in [-0.05, 0) is 30.7 Å². The Labute approximate surface area is 115 Å². The molecule has 1 N–H and O–H groups in total. The van der Waals surface area contributed by atoms with Crippen molar-refractivity contribution in [2.75, 3.05) is 0 Å². The first kappa shape index (κ1) is 13.4. The Bertz CT molecular complexity index is 528. The van der Waals surface area contributed by atoms with Crippen molar-refractivity contribution >= 4 is 23.2 Å². The van der Waals surface area contributed by atoms with Crippen LogP contribution in [0.5, 0.6) is 0 Å². The Morgan fingerprint density at radius 1 is 1.33 bits per heavy atom. The van der Waals surface area contributed by atoms with Crippen molar-refractivity contribution in [1.82, 2.24) is 5.32 Å². The van der Waals surface area contributed by atoms with Crippen LogP contribution in [0.3, 0.4) is 0 Å². The Hall–Kier alpha value is -1.03. The molecule has 96 valence electrons. The first-order valence-electron chi connectivity index (χ1n) is 5.47. The van der Waals surface area contributed by atoms with Crippen molar-refractivity contribution in [3.05, 3.63) is 57.7 Å². The number of hydrogen-bond acceptors (Lipinski definition) is 2. The summed E-state index contributed by atoms with van der Waals surface area (Å²) >= 11 is 11.7. The summed E-state index contributed by atoms with van der Waals surface area (Å²) in [6.45, 7) is 2.53. The standard InChI is InChI=1S/C13H12Cl2FNO/c1-8(17-6-9-2-3-18-7-9)10-4-13(16)12(15)5-11(10)14/h2-5,7-8,17H,6H2,1H3. The van der Waals surface area contributed by atoms with Crippen LogP contribution in [0.4, 0.5) is 4.39 Å². The Kier molecular flexibility index (Phi) is 4.27. The summed E-state index contributed by atoms with van der Waals surface area (Å²) in [5.74, 6) is -0.465. The second kappa shape index (κ2) is 5.74. The molecule has 1 unspecified atom stereocenters. The van der Waals surface area contributed by atoms with E-state index in [9.17, 15) is 4.39 Å². The average Bonchev–Trinajstić information content (AvgIpc) is 2.84. The second-order valence-electron chi connectivity index (χ2n) is 4.02. The van der Waals surface area contributed by atoms with Gasteiger partial charge in [-0.15, -0.1) is 0 Å². The predicted molar refractivity (Wildman–Crippen MR) is 70.4 cm³/mol. The third-order valence-corrected chi connectivity index (χ3v) is 3.32. The summed E-state index contributed by atoms with van der Waals surface area (Å²) < 4.78 is 18.4. The van der Waals surface area contributed by atoms with Crippen molar-refractivity contribution in [3.63, 3.8) is 0 Å². The summed E-state index contributed by atoms with van der Waals surface area (Å²) in [5, 5.41) is 3.72. The van der Waals surface area contributed by atoms with E-state index >= 15 is 0 Å². The molecule has 0 amide bonds. The van der Waals surface area contributed by atoms with Gasteiger partial charge in [0, 0.05) is 23.2 Å². The lowest BCUT2D eigenvalue weighted by molar-refractivity contribution is 0.544. The van der Waals surface area contributed by atoms with E-state index in [0.29, 0.717) is 17.1 Å². The number of halogens is 3. The highest BCUT2D eigenvalue weighted by Gasteiger charge is 2.13. The van der Waals surface area contributed by atoms with Gasteiger partial charge >= 0.3 is 0 Å². The first-order chi connectivity index (χ1) is 8.58. The van der Waals surface area contributed by atoms with Crippen molar-refractivity contribution in [2.24, 2.45) is 0 Å². The predicted octanol–water partition coefficient (Wildman–Crippen LogP) is 4.58. The molecule has 0 aliphatic heterocycles. The van der Waals surface area contributed by atoms with E-state index in [4.69, 9.17) is 27.6 Å². The molecule has 0 spiro atoms. The maximum absolute atomic E-state index is 13.4. The minimum Gasteiger partial charge on any atom is -0.472 e. The Morgan fingerprint density at radius 2 is 2.11 bits per heavy atom. The van der Waals surface area contributed by atoms with Crippen LogP contribution in [0.25, 0.3) is 0 Å². The fraction of sp³-hybridized carbons (Fsp3) is 0.231. The van der Waals surface area contributed by atoms with E-state index in [-0.39, 0.29) is 11.1 Å². The lowest BCUT2D eigenvalue weighted by Crippen LogP contribution is -2.18. The van der Waals surface area contributed by atoms with Gasteiger partial charge in [0.05, 0.1) is 17.5 Å². The van der Waals surface area contributed by atoms with E-state index in [2.05, 4.69) is 5.32 Å². The van der Waals surface area contributed by atoms with Crippen LogP contribution in [-0.2, 0) is 6.54 Å².